The van der Waals surface area contributed by atoms with E-state index in [2.05, 4.69) is 33.5 Å². The average molecular weight is 544 g/mol. The highest BCUT2D eigenvalue weighted by Crippen LogP contribution is 2.19. The molecule has 1 atom stereocenters. The lowest BCUT2D eigenvalue weighted by Gasteiger charge is -2.33. The van der Waals surface area contributed by atoms with Gasteiger partial charge in [-0.15, -0.1) is 24.0 Å². The van der Waals surface area contributed by atoms with E-state index in [0.29, 0.717) is 17.6 Å². The van der Waals surface area contributed by atoms with E-state index in [-0.39, 0.29) is 30.1 Å². The highest BCUT2D eigenvalue weighted by Gasteiger charge is 2.20. The summed E-state index contributed by atoms with van der Waals surface area (Å²) in [5.41, 5.74) is 0. The Hall–Kier alpha value is -1.74. The topological polar surface area (TPSA) is 61.8 Å². The van der Waals surface area contributed by atoms with Gasteiger partial charge in [0.25, 0.3) is 0 Å². The maximum absolute atomic E-state index is 6.02. The lowest BCUT2D eigenvalue weighted by molar-refractivity contribution is 0.230. The van der Waals surface area contributed by atoms with E-state index in [9.17, 15) is 0 Å². The zero-order valence-electron chi connectivity index (χ0n) is 17.6. The Kier molecular flexibility index (Phi) is 10.5. The van der Waals surface area contributed by atoms with Crippen molar-refractivity contribution in [2.24, 2.45) is 4.99 Å². The lowest BCUT2D eigenvalue weighted by Crippen LogP contribution is -2.49. The summed E-state index contributed by atoms with van der Waals surface area (Å²) in [4.78, 5) is 11.5. The van der Waals surface area contributed by atoms with Gasteiger partial charge in [-0.3, -0.25) is 0 Å². The third-order valence-electron chi connectivity index (χ3n) is 4.79. The van der Waals surface area contributed by atoms with E-state index in [4.69, 9.17) is 21.3 Å². The number of nitrogens with one attached hydrogen (secondary N) is 2. The Morgan fingerprint density at radius 2 is 2.07 bits per heavy atom. The normalized spacial score (nSPS) is 15.8. The number of rotatable bonds is 7. The van der Waals surface area contributed by atoms with Gasteiger partial charge in [0.15, 0.2) is 5.96 Å². The van der Waals surface area contributed by atoms with Crippen molar-refractivity contribution in [2.75, 3.05) is 31.1 Å². The van der Waals surface area contributed by atoms with Crippen molar-refractivity contribution in [3.63, 3.8) is 0 Å². The maximum atomic E-state index is 6.02. The first-order valence-electron chi connectivity index (χ1n) is 10.3. The van der Waals surface area contributed by atoms with Gasteiger partial charge in [0.05, 0.1) is 6.54 Å². The van der Waals surface area contributed by atoms with Crippen molar-refractivity contribution in [2.45, 2.75) is 38.8 Å². The summed E-state index contributed by atoms with van der Waals surface area (Å²) in [6, 6.07) is 13.9. The molecule has 8 heteroatoms. The fourth-order valence-corrected chi connectivity index (χ4v) is 3.52. The Morgan fingerprint density at radius 3 is 2.73 bits per heavy atom. The van der Waals surface area contributed by atoms with Gasteiger partial charge in [-0.2, -0.15) is 0 Å². The van der Waals surface area contributed by atoms with Crippen molar-refractivity contribution in [1.82, 2.24) is 15.6 Å². The fourth-order valence-electron chi connectivity index (χ4n) is 3.34. The van der Waals surface area contributed by atoms with E-state index in [1.54, 1.807) is 0 Å². The minimum atomic E-state index is -0.0464. The molecule has 30 heavy (non-hydrogen) atoms. The predicted octanol–water partition coefficient (Wildman–Crippen LogP) is 4.34. The number of pyridine rings is 1. The molecule has 3 rings (SSSR count). The third kappa shape index (κ3) is 7.83. The number of guanidine groups is 1. The molecule has 0 saturated carbocycles. The smallest absolute Gasteiger partial charge is 0.191 e. The monoisotopic (exact) mass is 543 g/mol. The van der Waals surface area contributed by atoms with Crippen molar-refractivity contribution >= 4 is 47.4 Å². The zero-order chi connectivity index (χ0) is 20.5. The van der Waals surface area contributed by atoms with Crippen LogP contribution in [0.4, 0.5) is 5.82 Å². The molecular formula is C22H31ClIN5O. The second kappa shape index (κ2) is 12.8. The molecule has 1 aliphatic rings. The van der Waals surface area contributed by atoms with Gasteiger partial charge >= 0.3 is 0 Å². The zero-order valence-corrected chi connectivity index (χ0v) is 20.6. The van der Waals surface area contributed by atoms with E-state index >= 15 is 0 Å². The van der Waals surface area contributed by atoms with Gasteiger partial charge in [0, 0.05) is 36.9 Å². The summed E-state index contributed by atoms with van der Waals surface area (Å²) in [5, 5.41) is 7.58. The average Bonchev–Trinajstić information content (AvgIpc) is 2.73. The molecule has 164 valence electrons. The van der Waals surface area contributed by atoms with Gasteiger partial charge in [-0.1, -0.05) is 23.7 Å². The highest BCUT2D eigenvalue weighted by molar-refractivity contribution is 14.0. The summed E-state index contributed by atoms with van der Waals surface area (Å²) in [6.45, 7) is 7.45. The van der Waals surface area contributed by atoms with Crippen LogP contribution in [0.25, 0.3) is 0 Å². The number of hydrogen-bond donors (Lipinski definition) is 2. The van der Waals surface area contributed by atoms with Gasteiger partial charge in [-0.25, -0.2) is 9.98 Å². The van der Waals surface area contributed by atoms with Crippen LogP contribution in [0.2, 0.25) is 5.02 Å². The van der Waals surface area contributed by atoms with Gasteiger partial charge in [0.1, 0.15) is 17.7 Å². The summed E-state index contributed by atoms with van der Waals surface area (Å²) in [5.74, 6) is 2.66. The number of benzene rings is 1. The van der Waals surface area contributed by atoms with Gasteiger partial charge in [0.2, 0.25) is 0 Å². The number of nitrogens with zero attached hydrogens (tertiary/aromatic N) is 3. The van der Waals surface area contributed by atoms with Crippen LogP contribution >= 0.6 is 35.6 Å². The molecule has 0 radical (unpaired) electrons. The van der Waals surface area contributed by atoms with Crippen LogP contribution in [-0.4, -0.2) is 49.3 Å². The first kappa shape index (κ1) is 24.5. The summed E-state index contributed by atoms with van der Waals surface area (Å²) in [7, 11) is 0. The quantitative estimate of drug-likeness (QED) is 0.309. The number of aliphatic imine (C=N–C) groups is 1. The minimum Gasteiger partial charge on any atom is -0.489 e. The van der Waals surface area contributed by atoms with Crippen LogP contribution in [0, 0.1) is 0 Å². The summed E-state index contributed by atoms with van der Waals surface area (Å²) in [6.07, 6.45) is 3.91. The molecule has 6 nitrogen and oxygen atoms in total. The van der Waals surface area contributed by atoms with Crippen LogP contribution in [-0.2, 0) is 0 Å². The molecule has 1 aromatic heterocycles. The third-order valence-corrected chi connectivity index (χ3v) is 5.03. The van der Waals surface area contributed by atoms with Crippen molar-refractivity contribution in [3.8, 4) is 5.75 Å². The van der Waals surface area contributed by atoms with Gasteiger partial charge < -0.3 is 20.3 Å². The molecule has 0 bridgehead atoms. The number of piperidine rings is 1. The first-order valence-corrected chi connectivity index (χ1v) is 10.6. The predicted molar refractivity (Wildman–Crippen MR) is 136 cm³/mol. The molecular weight excluding hydrogens is 513 g/mol. The Balaban J connectivity index is 0.00000320. The van der Waals surface area contributed by atoms with Crippen molar-refractivity contribution < 1.29 is 4.74 Å². The molecule has 1 unspecified atom stereocenters. The summed E-state index contributed by atoms with van der Waals surface area (Å²) < 4.78 is 5.92. The number of ether oxygens (including phenoxy) is 1. The lowest BCUT2D eigenvalue weighted by atomic mass is 10.1. The molecule has 0 amide bonds. The molecule has 0 aliphatic carbocycles. The largest absolute Gasteiger partial charge is 0.489 e. The van der Waals surface area contributed by atoms with Crippen LogP contribution in [0.3, 0.4) is 0 Å². The van der Waals surface area contributed by atoms with Crippen molar-refractivity contribution in [1.29, 1.82) is 0 Å². The molecule has 1 fully saturated rings. The van der Waals surface area contributed by atoms with Crippen LogP contribution in [0.5, 0.6) is 5.75 Å². The van der Waals surface area contributed by atoms with E-state index in [1.807, 2.05) is 49.5 Å². The second-order valence-corrected chi connectivity index (χ2v) is 7.64. The van der Waals surface area contributed by atoms with E-state index in [1.165, 1.54) is 0 Å². The van der Waals surface area contributed by atoms with E-state index < -0.39 is 0 Å². The molecule has 1 aliphatic heterocycles. The minimum absolute atomic E-state index is 0. The van der Waals surface area contributed by atoms with Crippen LogP contribution in [0.15, 0.2) is 53.7 Å². The molecule has 1 saturated heterocycles. The Labute approximate surface area is 201 Å². The van der Waals surface area contributed by atoms with E-state index in [0.717, 1.165) is 50.0 Å². The highest BCUT2D eigenvalue weighted by atomic mass is 127. The number of halogens is 2. The summed E-state index contributed by atoms with van der Waals surface area (Å²) >= 11 is 6.02. The van der Waals surface area contributed by atoms with Crippen molar-refractivity contribution in [3.05, 3.63) is 53.7 Å². The second-order valence-electron chi connectivity index (χ2n) is 7.20. The number of aromatic nitrogens is 1. The number of hydrogen-bond acceptors (Lipinski definition) is 4. The maximum Gasteiger partial charge on any atom is 0.191 e. The standard InChI is InChI=1S/C22H30ClN5O.HI/c1-3-24-22(26-16-17(2)29-20-8-6-7-18(23)15-20)27-19-10-13-28(14-11-19)21-9-4-5-12-25-21;/h4-9,12,15,17,19H,3,10-11,13-14,16H2,1-2H3,(H2,24,26,27);1H. The fraction of sp³-hybridized carbons (Fsp3) is 0.455. The molecule has 1 aromatic carbocycles. The first-order chi connectivity index (χ1) is 14.1. The SMILES string of the molecule is CCNC(=NCC(C)Oc1cccc(Cl)c1)NC1CCN(c2ccccn2)CC1.I. The van der Waals surface area contributed by atoms with Crippen LogP contribution in [0.1, 0.15) is 26.7 Å². The van der Waals surface area contributed by atoms with Gasteiger partial charge in [-0.05, 0) is 57.0 Å². The molecule has 0 spiro atoms. The molecule has 2 heterocycles. The molecule has 2 N–H and O–H groups in total. The Morgan fingerprint density at radius 1 is 1.27 bits per heavy atom. The van der Waals surface area contributed by atoms with Crippen LogP contribution < -0.4 is 20.3 Å². The Bertz CT molecular complexity index is 784. The molecule has 2 aromatic rings. The number of anilines is 1.